The van der Waals surface area contributed by atoms with Gasteiger partial charge in [-0.25, -0.2) is 9.59 Å². The smallest absolute Gasteiger partial charge is 0.409 e. The Balaban J connectivity index is -0.00000133. The lowest BCUT2D eigenvalue weighted by Gasteiger charge is -2.24. The van der Waals surface area contributed by atoms with E-state index in [1.807, 2.05) is 12.2 Å². The Kier molecular flexibility index (Phi) is 13.8. The van der Waals surface area contributed by atoms with E-state index in [4.69, 9.17) is 9.84 Å². The molecule has 9 heteroatoms. The van der Waals surface area contributed by atoms with Gasteiger partial charge in [0.25, 0.3) is 0 Å². The van der Waals surface area contributed by atoms with E-state index in [0.717, 1.165) is 6.42 Å². The Hall–Kier alpha value is -2.20. The maximum atomic E-state index is 11.5. The van der Waals surface area contributed by atoms with Crippen molar-refractivity contribution in [1.29, 1.82) is 0 Å². The lowest BCUT2D eigenvalue weighted by atomic mass is 10.0. The number of alkyl carbamates (subject to hydrolysis) is 1. The van der Waals surface area contributed by atoms with Crippen molar-refractivity contribution in [2.24, 2.45) is 0 Å². The van der Waals surface area contributed by atoms with Gasteiger partial charge >= 0.3 is 12.1 Å². The van der Waals surface area contributed by atoms with E-state index in [9.17, 15) is 14.7 Å². The van der Waals surface area contributed by atoms with Crippen molar-refractivity contribution in [2.75, 3.05) is 6.61 Å². The molecule has 23 heavy (non-hydrogen) atoms. The minimum Gasteiger partial charge on any atom is -0.478 e. The average molecular weight is 335 g/mol. The van der Waals surface area contributed by atoms with Gasteiger partial charge < -0.3 is 31.4 Å². The second kappa shape index (κ2) is 12.4. The normalized spacial score (nSPS) is 11.6. The molecule has 1 rings (SSSR count). The number of nitrogens with one attached hydrogen (secondary N) is 1. The monoisotopic (exact) mass is 335 g/mol. The van der Waals surface area contributed by atoms with Crippen molar-refractivity contribution in [2.45, 2.75) is 31.9 Å². The van der Waals surface area contributed by atoms with Crippen LogP contribution in [-0.2, 0) is 16.0 Å². The maximum Gasteiger partial charge on any atom is 0.409 e. The molecule has 0 saturated carbocycles. The Morgan fingerprint density at radius 3 is 2.22 bits per heavy atom. The van der Waals surface area contributed by atoms with Gasteiger partial charge in [0.15, 0.2) is 0 Å². The topological polar surface area (TPSA) is 190 Å². The molecule has 0 bridgehead atoms. The van der Waals surface area contributed by atoms with Gasteiger partial charge in [-0.1, -0.05) is 43.7 Å². The summed E-state index contributed by atoms with van der Waals surface area (Å²) in [5.41, 5.74) is -1.80. The zero-order chi connectivity index (χ0) is 15.0. The number of hydrogen-bond donors (Lipinski definition) is 3. The van der Waals surface area contributed by atoms with E-state index in [1.165, 1.54) is 0 Å². The first-order chi connectivity index (χ1) is 9.48. The summed E-state index contributed by atoms with van der Waals surface area (Å²) in [6.45, 7) is 2.12. The molecule has 0 heterocycles. The molecule has 1 amide bonds. The Labute approximate surface area is 133 Å². The lowest BCUT2D eigenvalue weighted by Crippen LogP contribution is -2.56. The second-order valence-electron chi connectivity index (χ2n) is 4.44. The molecule has 0 fully saturated rings. The number of ether oxygens (including phenoxy) is 1. The van der Waals surface area contributed by atoms with E-state index in [0.29, 0.717) is 12.0 Å². The molecule has 0 aliphatic rings. The van der Waals surface area contributed by atoms with Gasteiger partial charge in [-0.2, -0.15) is 0 Å². The molecule has 0 aromatic heterocycles. The summed E-state index contributed by atoms with van der Waals surface area (Å²) >= 11 is 0. The minimum atomic E-state index is -2.38. The zero-order valence-corrected chi connectivity index (χ0v) is 12.8. The van der Waals surface area contributed by atoms with Crippen molar-refractivity contribution in [3.8, 4) is 0 Å². The van der Waals surface area contributed by atoms with Crippen molar-refractivity contribution >= 4 is 12.1 Å². The molecule has 0 aliphatic heterocycles. The number of unbranched alkanes of at least 4 members (excludes halogenated alkanes) is 1. The van der Waals surface area contributed by atoms with Crippen LogP contribution in [0.4, 0.5) is 4.79 Å². The van der Waals surface area contributed by atoms with Crippen molar-refractivity contribution < 1.29 is 41.0 Å². The van der Waals surface area contributed by atoms with Crippen molar-refractivity contribution in [3.05, 3.63) is 35.9 Å². The van der Waals surface area contributed by atoms with Crippen LogP contribution >= 0.6 is 0 Å². The average Bonchev–Trinajstić information content (AvgIpc) is 2.39. The first-order valence-corrected chi connectivity index (χ1v) is 6.42. The molecule has 1 atom stereocenters. The van der Waals surface area contributed by atoms with Gasteiger partial charge in [-0.3, -0.25) is 5.32 Å². The third-order valence-electron chi connectivity index (χ3n) is 2.70. The van der Waals surface area contributed by atoms with Crippen LogP contribution in [-0.4, -0.2) is 51.0 Å². The van der Waals surface area contributed by atoms with Gasteiger partial charge in [-0.15, -0.1) is 0 Å². The third kappa shape index (κ3) is 8.73. The van der Waals surface area contributed by atoms with E-state index >= 15 is 0 Å². The van der Waals surface area contributed by atoms with Gasteiger partial charge in [0.05, 0.1) is 6.61 Å². The van der Waals surface area contributed by atoms with Crippen molar-refractivity contribution in [3.63, 3.8) is 0 Å². The highest BCUT2D eigenvalue weighted by Crippen LogP contribution is 2.12. The summed E-state index contributed by atoms with van der Waals surface area (Å²) in [7, 11) is 0. The van der Waals surface area contributed by atoms with Crippen LogP contribution in [0.15, 0.2) is 30.3 Å². The second-order valence-corrected chi connectivity index (χ2v) is 4.44. The molecule has 134 valence electrons. The SMILES string of the molecule is CCCCOC(=O)NC(O)(Cc1ccccc1)C(=O)O.O.O.O. The zero-order valence-electron chi connectivity index (χ0n) is 12.8. The van der Waals surface area contributed by atoms with Crippen LogP contribution in [0.1, 0.15) is 25.3 Å². The number of aliphatic hydroxyl groups is 1. The highest BCUT2D eigenvalue weighted by Gasteiger charge is 2.38. The minimum absolute atomic E-state index is 0. The fourth-order valence-electron chi connectivity index (χ4n) is 1.58. The number of carbonyl (C=O) groups excluding carboxylic acids is 1. The number of amides is 1. The van der Waals surface area contributed by atoms with E-state index in [1.54, 1.807) is 30.3 Å². The predicted octanol–water partition coefficient (Wildman–Crippen LogP) is -0.945. The Morgan fingerprint density at radius 1 is 1.17 bits per heavy atom. The van der Waals surface area contributed by atoms with Crippen LogP contribution in [0.25, 0.3) is 0 Å². The molecule has 1 aromatic rings. The highest BCUT2D eigenvalue weighted by atomic mass is 16.6. The standard InChI is InChI=1S/C14H19NO5.3H2O/c1-2-3-9-20-13(18)15-14(19,12(16)17)10-11-7-5-4-6-8-11;;;/h4-8,19H,2-3,9-10H2,1H3,(H,15,18)(H,16,17);3*1H2. The number of carboxylic acid groups (broad SMARTS) is 1. The fraction of sp³-hybridized carbons (Fsp3) is 0.429. The maximum absolute atomic E-state index is 11.5. The van der Waals surface area contributed by atoms with E-state index < -0.39 is 17.8 Å². The van der Waals surface area contributed by atoms with Crippen molar-refractivity contribution in [1.82, 2.24) is 5.32 Å². The molecule has 0 radical (unpaired) electrons. The molecule has 9 N–H and O–H groups in total. The molecule has 0 saturated heterocycles. The molecular formula is C14H25NO8. The van der Waals surface area contributed by atoms with Gasteiger partial charge in [-0.05, 0) is 12.0 Å². The first-order valence-electron chi connectivity index (χ1n) is 6.42. The van der Waals surface area contributed by atoms with Gasteiger partial charge in [0, 0.05) is 6.42 Å². The Bertz CT molecular complexity index is 453. The number of benzene rings is 1. The lowest BCUT2D eigenvalue weighted by molar-refractivity contribution is -0.161. The quantitative estimate of drug-likeness (QED) is 0.426. The van der Waals surface area contributed by atoms with Crippen LogP contribution in [0, 0.1) is 0 Å². The summed E-state index contributed by atoms with van der Waals surface area (Å²) < 4.78 is 4.79. The summed E-state index contributed by atoms with van der Waals surface area (Å²) in [4.78, 5) is 22.6. The van der Waals surface area contributed by atoms with E-state index in [2.05, 4.69) is 0 Å². The number of carboxylic acids is 1. The highest BCUT2D eigenvalue weighted by molar-refractivity contribution is 5.82. The summed E-state index contributed by atoms with van der Waals surface area (Å²) in [6.07, 6.45) is 0.337. The summed E-state index contributed by atoms with van der Waals surface area (Å²) in [5.74, 6) is -1.53. The molecule has 0 spiro atoms. The van der Waals surface area contributed by atoms with Crippen LogP contribution in [0.3, 0.4) is 0 Å². The number of carbonyl (C=O) groups is 2. The van der Waals surface area contributed by atoms with Gasteiger partial charge in [0.1, 0.15) is 0 Å². The number of rotatable bonds is 7. The van der Waals surface area contributed by atoms with Crippen LogP contribution in [0.5, 0.6) is 0 Å². The van der Waals surface area contributed by atoms with Crippen LogP contribution in [0.2, 0.25) is 0 Å². The summed E-state index contributed by atoms with van der Waals surface area (Å²) in [6, 6.07) is 8.54. The van der Waals surface area contributed by atoms with Gasteiger partial charge in [0.2, 0.25) is 5.72 Å². The number of aliphatic carboxylic acids is 1. The molecule has 1 aromatic carbocycles. The largest absolute Gasteiger partial charge is 0.478 e. The molecule has 9 nitrogen and oxygen atoms in total. The van der Waals surface area contributed by atoms with Crippen LogP contribution < -0.4 is 5.32 Å². The Morgan fingerprint density at radius 2 is 1.74 bits per heavy atom. The molecule has 0 aliphatic carbocycles. The molecule has 1 unspecified atom stereocenters. The third-order valence-corrected chi connectivity index (χ3v) is 2.70. The number of hydrogen-bond acceptors (Lipinski definition) is 4. The summed E-state index contributed by atoms with van der Waals surface area (Å²) in [5, 5.41) is 21.1. The predicted molar refractivity (Wildman–Crippen MR) is 83.0 cm³/mol. The molecular weight excluding hydrogens is 310 g/mol. The fourth-order valence-corrected chi connectivity index (χ4v) is 1.58. The van der Waals surface area contributed by atoms with E-state index in [-0.39, 0.29) is 29.5 Å². The first kappa shape index (κ1) is 25.7.